The molecule has 0 aliphatic rings. The van der Waals surface area contributed by atoms with Crippen LogP contribution in [-0.4, -0.2) is 28.7 Å². The Morgan fingerprint density at radius 1 is 0.968 bits per heavy atom. The molecule has 0 amide bonds. The number of fused-ring (bicyclic) bond motifs is 1. The van der Waals surface area contributed by atoms with Crippen molar-refractivity contribution in [2.24, 2.45) is 7.05 Å². The summed E-state index contributed by atoms with van der Waals surface area (Å²) >= 11 is 1.64. The van der Waals surface area contributed by atoms with Gasteiger partial charge in [0, 0.05) is 42.3 Å². The van der Waals surface area contributed by atoms with Gasteiger partial charge in [0.15, 0.2) is 0 Å². The number of benzene rings is 2. The van der Waals surface area contributed by atoms with Gasteiger partial charge >= 0.3 is 5.97 Å². The summed E-state index contributed by atoms with van der Waals surface area (Å²) in [5, 5.41) is 9.16. The van der Waals surface area contributed by atoms with E-state index in [9.17, 15) is 9.59 Å². The fourth-order valence-electron chi connectivity index (χ4n) is 3.80. The maximum absolute atomic E-state index is 12.6. The number of aryl methyl sites for hydroxylation is 1. The van der Waals surface area contributed by atoms with Gasteiger partial charge in [-0.15, -0.1) is 11.3 Å². The average molecular weight is 433 g/mol. The van der Waals surface area contributed by atoms with Gasteiger partial charge in [-0.25, -0.2) is 4.79 Å². The molecular formula is C25H24N2O3S. The van der Waals surface area contributed by atoms with Gasteiger partial charge in [-0.05, 0) is 55.3 Å². The summed E-state index contributed by atoms with van der Waals surface area (Å²) < 4.78 is 2.67. The zero-order chi connectivity index (χ0) is 22.1. The molecular weight excluding hydrogens is 408 g/mol. The van der Waals surface area contributed by atoms with Crippen LogP contribution in [-0.2, 0) is 7.05 Å². The number of anilines is 1. The number of rotatable bonds is 6. The first-order valence-electron chi connectivity index (χ1n) is 10.3. The van der Waals surface area contributed by atoms with Crippen LogP contribution in [0.4, 0.5) is 5.69 Å². The summed E-state index contributed by atoms with van der Waals surface area (Å²) in [4.78, 5) is 27.2. The summed E-state index contributed by atoms with van der Waals surface area (Å²) in [5.74, 6) is -0.966. The first-order chi connectivity index (χ1) is 14.9. The molecule has 0 saturated heterocycles. The van der Waals surface area contributed by atoms with Crippen LogP contribution in [0.25, 0.3) is 31.8 Å². The van der Waals surface area contributed by atoms with Gasteiger partial charge in [0.2, 0.25) is 0 Å². The van der Waals surface area contributed by atoms with Gasteiger partial charge in [0.05, 0.1) is 15.8 Å². The quantitative estimate of drug-likeness (QED) is 0.438. The lowest BCUT2D eigenvalue weighted by molar-refractivity contribution is 0.0697. The molecule has 2 aromatic carbocycles. The Morgan fingerprint density at radius 3 is 2.16 bits per heavy atom. The highest BCUT2D eigenvalue weighted by Crippen LogP contribution is 2.38. The van der Waals surface area contributed by atoms with E-state index in [4.69, 9.17) is 5.11 Å². The Bertz CT molecular complexity index is 1300. The second kappa shape index (κ2) is 8.40. The fourth-order valence-corrected chi connectivity index (χ4v) is 5.03. The van der Waals surface area contributed by atoms with Crippen LogP contribution in [0.5, 0.6) is 0 Å². The molecule has 2 heterocycles. The van der Waals surface area contributed by atoms with Crippen molar-refractivity contribution < 1.29 is 9.90 Å². The van der Waals surface area contributed by atoms with E-state index in [1.54, 1.807) is 53.3 Å². The number of aromatic nitrogens is 1. The minimum atomic E-state index is -0.966. The van der Waals surface area contributed by atoms with Crippen molar-refractivity contribution in [3.8, 4) is 21.6 Å². The Hall–Kier alpha value is -3.38. The molecule has 0 spiro atoms. The Balaban J connectivity index is 1.81. The van der Waals surface area contributed by atoms with Gasteiger partial charge < -0.3 is 14.6 Å². The van der Waals surface area contributed by atoms with E-state index < -0.39 is 5.97 Å². The second-order valence-corrected chi connectivity index (χ2v) is 8.43. The molecule has 0 fully saturated rings. The molecule has 6 heteroatoms. The first kappa shape index (κ1) is 20.9. The van der Waals surface area contributed by atoms with Crippen molar-refractivity contribution in [2.45, 2.75) is 13.8 Å². The number of thiophene rings is 1. The molecule has 0 aliphatic heterocycles. The van der Waals surface area contributed by atoms with Gasteiger partial charge in [0.1, 0.15) is 0 Å². The van der Waals surface area contributed by atoms with Crippen molar-refractivity contribution in [2.75, 3.05) is 18.0 Å². The standard InChI is InChI=1S/C25H24N2O3S/c1-4-27(5-2)19-12-10-17(11-13-19)22-15-21-24(31-22)20(14-23(28)26(21)3)16-6-8-18(9-7-16)25(29)30/h6-15H,4-5H2,1-3H3,(H,29,30). The monoisotopic (exact) mass is 432 g/mol. The minimum absolute atomic E-state index is 0.0916. The lowest BCUT2D eigenvalue weighted by Gasteiger charge is -2.21. The molecule has 158 valence electrons. The average Bonchev–Trinajstić information content (AvgIpc) is 3.23. The maximum atomic E-state index is 12.6. The van der Waals surface area contributed by atoms with Crippen molar-refractivity contribution in [3.05, 3.63) is 76.6 Å². The molecule has 1 N–H and O–H groups in total. The summed E-state index contributed by atoms with van der Waals surface area (Å²) in [6.45, 7) is 6.22. The van der Waals surface area contributed by atoms with E-state index >= 15 is 0 Å². The number of hydrogen-bond donors (Lipinski definition) is 1. The van der Waals surface area contributed by atoms with Crippen molar-refractivity contribution in [1.29, 1.82) is 0 Å². The maximum Gasteiger partial charge on any atom is 0.335 e. The molecule has 0 unspecified atom stereocenters. The Morgan fingerprint density at radius 2 is 1.58 bits per heavy atom. The van der Waals surface area contributed by atoms with E-state index in [2.05, 4.69) is 49.1 Å². The van der Waals surface area contributed by atoms with Crippen LogP contribution in [0.2, 0.25) is 0 Å². The van der Waals surface area contributed by atoms with Crippen molar-refractivity contribution in [3.63, 3.8) is 0 Å². The molecule has 4 rings (SSSR count). The summed E-state index contributed by atoms with van der Waals surface area (Å²) in [5.41, 5.74) is 4.97. The Kier molecular flexibility index (Phi) is 5.65. The van der Waals surface area contributed by atoms with E-state index in [1.165, 1.54) is 5.69 Å². The number of carbonyl (C=O) groups is 1. The van der Waals surface area contributed by atoms with Crippen LogP contribution >= 0.6 is 11.3 Å². The predicted octanol–water partition coefficient (Wildman–Crippen LogP) is 5.48. The van der Waals surface area contributed by atoms with Crippen LogP contribution in [0, 0.1) is 0 Å². The van der Waals surface area contributed by atoms with Crippen LogP contribution in [0.1, 0.15) is 24.2 Å². The summed E-state index contributed by atoms with van der Waals surface area (Å²) in [7, 11) is 1.78. The van der Waals surface area contributed by atoms with Crippen molar-refractivity contribution >= 4 is 33.2 Å². The third-order valence-electron chi connectivity index (χ3n) is 5.64. The smallest absolute Gasteiger partial charge is 0.335 e. The summed E-state index contributed by atoms with van der Waals surface area (Å²) in [6.07, 6.45) is 0. The zero-order valence-corrected chi connectivity index (χ0v) is 18.6. The molecule has 0 bridgehead atoms. The molecule has 5 nitrogen and oxygen atoms in total. The third-order valence-corrected chi connectivity index (χ3v) is 6.85. The largest absolute Gasteiger partial charge is 0.478 e. The van der Waals surface area contributed by atoms with Gasteiger partial charge in [0.25, 0.3) is 5.56 Å². The number of hydrogen-bond acceptors (Lipinski definition) is 4. The number of carboxylic acid groups (broad SMARTS) is 1. The van der Waals surface area contributed by atoms with E-state index in [1.807, 2.05) is 0 Å². The highest BCUT2D eigenvalue weighted by atomic mass is 32.1. The number of nitrogens with zero attached hydrogens (tertiary/aromatic N) is 2. The lowest BCUT2D eigenvalue weighted by Crippen LogP contribution is -2.21. The highest BCUT2D eigenvalue weighted by Gasteiger charge is 2.15. The molecule has 0 radical (unpaired) electrons. The molecule has 0 aliphatic carbocycles. The van der Waals surface area contributed by atoms with E-state index in [-0.39, 0.29) is 11.1 Å². The van der Waals surface area contributed by atoms with Crippen LogP contribution < -0.4 is 10.5 Å². The predicted molar refractivity (Wildman–Crippen MR) is 128 cm³/mol. The normalized spacial score (nSPS) is 11.1. The molecule has 0 saturated carbocycles. The number of carboxylic acids is 1. The van der Waals surface area contributed by atoms with Crippen LogP contribution in [0.3, 0.4) is 0 Å². The topological polar surface area (TPSA) is 62.5 Å². The van der Waals surface area contributed by atoms with Crippen LogP contribution in [0.15, 0.2) is 65.5 Å². The number of aromatic carboxylic acids is 1. The first-order valence-corrected chi connectivity index (χ1v) is 11.1. The van der Waals surface area contributed by atoms with E-state index in [0.29, 0.717) is 0 Å². The molecule has 31 heavy (non-hydrogen) atoms. The lowest BCUT2D eigenvalue weighted by atomic mass is 10.0. The third kappa shape index (κ3) is 3.86. The second-order valence-electron chi connectivity index (χ2n) is 7.38. The van der Waals surface area contributed by atoms with Gasteiger partial charge in [-0.2, -0.15) is 0 Å². The Labute approximate surface area is 184 Å². The highest BCUT2D eigenvalue weighted by molar-refractivity contribution is 7.22. The van der Waals surface area contributed by atoms with Crippen molar-refractivity contribution in [1.82, 2.24) is 4.57 Å². The summed E-state index contributed by atoms with van der Waals surface area (Å²) in [6, 6.07) is 18.9. The number of pyridine rings is 1. The van der Waals surface area contributed by atoms with E-state index in [0.717, 1.165) is 44.9 Å². The SMILES string of the molecule is CCN(CC)c1ccc(-c2cc3c(s2)c(-c2ccc(C(=O)O)cc2)cc(=O)n3C)cc1. The molecule has 4 aromatic rings. The minimum Gasteiger partial charge on any atom is -0.478 e. The molecule has 0 atom stereocenters. The van der Waals surface area contributed by atoms with Gasteiger partial charge in [-0.3, -0.25) is 4.79 Å². The molecule has 2 aromatic heterocycles. The fraction of sp³-hybridized carbons (Fsp3) is 0.200. The van der Waals surface area contributed by atoms with Gasteiger partial charge in [-0.1, -0.05) is 24.3 Å². The zero-order valence-electron chi connectivity index (χ0n) is 17.8.